The van der Waals surface area contributed by atoms with Crippen molar-refractivity contribution in [3.05, 3.63) is 76.5 Å². The number of rotatable bonds is 14. The molecule has 1 saturated carbocycles. The van der Waals surface area contributed by atoms with E-state index < -0.39 is 0 Å². The molecule has 2 aliphatic carbocycles. The fraction of sp³-hybridized carbons (Fsp3) is 0.465. The number of unbranched alkanes of at least 4 members (excludes halogenated alkanes) is 3. The lowest BCUT2D eigenvalue weighted by atomic mass is 9.87. The molecule has 3 amide bonds. The van der Waals surface area contributed by atoms with Crippen LogP contribution in [-0.2, 0) is 17.6 Å². The second kappa shape index (κ2) is 15.5. The van der Waals surface area contributed by atoms with Crippen LogP contribution in [0.2, 0.25) is 0 Å². The number of anilines is 1. The number of hydrogen-bond donors (Lipinski definition) is 3. The molecular weight excluding hydrogens is 651 g/mol. The Labute approximate surface area is 306 Å². The molecule has 0 spiro atoms. The number of carbonyl (C=O) groups is 3. The van der Waals surface area contributed by atoms with Gasteiger partial charge in [-0.3, -0.25) is 19.3 Å². The Hall–Kier alpha value is -4.63. The summed E-state index contributed by atoms with van der Waals surface area (Å²) in [5.41, 5.74) is 9.12. The van der Waals surface area contributed by atoms with Gasteiger partial charge in [0, 0.05) is 71.4 Å². The first-order valence-electron chi connectivity index (χ1n) is 19.4. The maximum absolute atomic E-state index is 14.2. The molecule has 4 aromatic rings. The molecule has 0 unspecified atom stereocenters. The molecule has 7 rings (SSSR count). The van der Waals surface area contributed by atoms with Gasteiger partial charge in [-0.1, -0.05) is 63.4 Å². The van der Waals surface area contributed by atoms with Crippen LogP contribution in [0.25, 0.3) is 33.2 Å². The van der Waals surface area contributed by atoms with Gasteiger partial charge in [0.2, 0.25) is 5.91 Å². The minimum Gasteiger partial charge on any atom is -0.396 e. The molecule has 0 saturated heterocycles. The average molecular weight is 702 g/mol. The van der Waals surface area contributed by atoms with Crippen molar-refractivity contribution in [1.29, 1.82) is 0 Å². The maximum atomic E-state index is 14.2. The van der Waals surface area contributed by atoms with Gasteiger partial charge in [0.15, 0.2) is 0 Å². The average Bonchev–Trinajstić information content (AvgIpc) is 3.82. The van der Waals surface area contributed by atoms with E-state index in [0.717, 1.165) is 103 Å². The van der Waals surface area contributed by atoms with Crippen LogP contribution in [0.1, 0.15) is 103 Å². The van der Waals surface area contributed by atoms with Crippen molar-refractivity contribution in [2.45, 2.75) is 85.0 Å². The van der Waals surface area contributed by atoms with E-state index >= 15 is 0 Å². The number of aromatic nitrogens is 2. The highest BCUT2D eigenvalue weighted by Crippen LogP contribution is 2.53. The molecule has 3 aliphatic rings. The largest absolute Gasteiger partial charge is 0.396 e. The van der Waals surface area contributed by atoms with Crippen molar-refractivity contribution in [2.75, 3.05) is 31.6 Å². The number of aliphatic hydroxyl groups excluding tert-OH is 1. The van der Waals surface area contributed by atoms with Crippen molar-refractivity contribution in [3.8, 4) is 22.4 Å². The monoisotopic (exact) mass is 701 g/mol. The third-order valence-electron chi connectivity index (χ3n) is 11.6. The molecule has 9 heteroatoms. The Balaban J connectivity index is 1.26. The van der Waals surface area contributed by atoms with Crippen molar-refractivity contribution >= 4 is 34.2 Å². The minimum atomic E-state index is -0.350. The SMILES string of the molecule is CCCCCC(=O)NCCN1C(=O)c2cccc3c(NCCCC)c(-c4cccc(-c5nnc(C)c6c5CC[C@@H]5[C@H](CO)[C@@H]5CC6)c4)cc(c23)C1=O. The summed E-state index contributed by atoms with van der Waals surface area (Å²) < 4.78 is 0. The lowest BCUT2D eigenvalue weighted by Crippen LogP contribution is -2.44. The zero-order chi connectivity index (χ0) is 36.4. The van der Waals surface area contributed by atoms with E-state index in [2.05, 4.69) is 54.7 Å². The fourth-order valence-corrected chi connectivity index (χ4v) is 8.70. The topological polar surface area (TPSA) is 125 Å². The van der Waals surface area contributed by atoms with E-state index in [4.69, 9.17) is 5.10 Å². The first-order chi connectivity index (χ1) is 25.4. The van der Waals surface area contributed by atoms with E-state index in [1.54, 1.807) is 6.07 Å². The third-order valence-corrected chi connectivity index (χ3v) is 11.6. The summed E-state index contributed by atoms with van der Waals surface area (Å²) in [6, 6.07) is 16.0. The Morgan fingerprint density at radius 3 is 2.35 bits per heavy atom. The van der Waals surface area contributed by atoms with E-state index in [1.807, 2.05) is 24.3 Å². The Bertz CT molecular complexity index is 2010. The molecule has 0 bridgehead atoms. The smallest absolute Gasteiger partial charge is 0.261 e. The fourth-order valence-electron chi connectivity index (χ4n) is 8.70. The Kier molecular flexibility index (Phi) is 10.7. The van der Waals surface area contributed by atoms with E-state index in [1.165, 1.54) is 16.0 Å². The van der Waals surface area contributed by atoms with Crippen molar-refractivity contribution < 1.29 is 19.5 Å². The van der Waals surface area contributed by atoms with Crippen LogP contribution < -0.4 is 10.6 Å². The van der Waals surface area contributed by atoms with E-state index in [-0.39, 0.29) is 37.4 Å². The summed E-state index contributed by atoms with van der Waals surface area (Å²) in [5, 5.41) is 27.4. The first-order valence-corrected chi connectivity index (χ1v) is 19.4. The van der Waals surface area contributed by atoms with E-state index in [9.17, 15) is 19.5 Å². The number of amides is 3. The molecule has 9 nitrogen and oxygen atoms in total. The van der Waals surface area contributed by atoms with Gasteiger partial charge in [0.05, 0.1) is 11.4 Å². The van der Waals surface area contributed by atoms with Crippen molar-refractivity contribution in [2.24, 2.45) is 17.8 Å². The van der Waals surface area contributed by atoms with Crippen LogP contribution in [0.15, 0.2) is 48.5 Å². The van der Waals surface area contributed by atoms with Crippen LogP contribution in [0, 0.1) is 24.7 Å². The number of benzene rings is 3. The molecule has 1 aliphatic heterocycles. The number of carbonyl (C=O) groups excluding carboxylic acids is 3. The van der Waals surface area contributed by atoms with Crippen molar-refractivity contribution in [1.82, 2.24) is 20.4 Å². The summed E-state index contributed by atoms with van der Waals surface area (Å²) in [5.74, 6) is 0.849. The predicted octanol–water partition coefficient (Wildman–Crippen LogP) is 7.51. The molecule has 2 heterocycles. The quantitative estimate of drug-likeness (QED) is 0.0918. The molecule has 0 radical (unpaired) electrons. The van der Waals surface area contributed by atoms with Crippen LogP contribution in [0.3, 0.4) is 0 Å². The van der Waals surface area contributed by atoms with Gasteiger partial charge in [-0.2, -0.15) is 5.10 Å². The number of nitrogens with zero attached hydrogens (tertiary/aromatic N) is 3. The first kappa shape index (κ1) is 35.8. The molecule has 1 aromatic heterocycles. The molecular formula is C43H51N5O4. The molecule has 3 aromatic carbocycles. The van der Waals surface area contributed by atoms with Gasteiger partial charge in [0.1, 0.15) is 0 Å². The summed E-state index contributed by atoms with van der Waals surface area (Å²) in [6.07, 6.45) is 9.26. The summed E-state index contributed by atoms with van der Waals surface area (Å²) >= 11 is 0. The highest BCUT2D eigenvalue weighted by molar-refractivity contribution is 6.28. The molecule has 3 atom stereocenters. The lowest BCUT2D eigenvalue weighted by molar-refractivity contribution is -0.121. The van der Waals surface area contributed by atoms with Gasteiger partial charge in [0.25, 0.3) is 11.8 Å². The second-order valence-electron chi connectivity index (χ2n) is 14.8. The van der Waals surface area contributed by atoms with Gasteiger partial charge >= 0.3 is 0 Å². The number of aliphatic hydroxyl groups is 1. The third kappa shape index (κ3) is 6.83. The number of fused-ring (bicyclic) bond motifs is 2. The van der Waals surface area contributed by atoms with Gasteiger partial charge in [-0.05, 0) is 98.1 Å². The standard InChI is InChI=1S/C43H51N5O4/c1-4-6-8-15-38(50)44-21-22-48-42(51)34-14-10-13-33-39(34)36(43(48)52)24-35(41(33)45-20-7-5-2)27-11-9-12-28(23-27)40-32-19-18-31-30(37(31)25-49)17-16-29(32)26(3)46-47-40/h9-14,23-24,30-31,37,45,49H,4-8,15-22,25H2,1-3H3,(H,44,50)/t30-,31+,37-/m1/s1. The number of aryl methyl sites for hydroxylation is 1. The molecule has 1 fully saturated rings. The Morgan fingerprint density at radius 2 is 1.58 bits per heavy atom. The zero-order valence-electron chi connectivity index (χ0n) is 30.8. The van der Waals surface area contributed by atoms with Gasteiger partial charge in [-0.15, -0.1) is 5.10 Å². The number of hydrogen-bond acceptors (Lipinski definition) is 7. The van der Waals surface area contributed by atoms with Crippen molar-refractivity contribution in [3.63, 3.8) is 0 Å². The maximum Gasteiger partial charge on any atom is 0.261 e. The van der Waals surface area contributed by atoms with Crippen LogP contribution in [0.4, 0.5) is 5.69 Å². The van der Waals surface area contributed by atoms with Gasteiger partial charge < -0.3 is 15.7 Å². The normalized spacial score (nSPS) is 19.2. The van der Waals surface area contributed by atoms with E-state index in [0.29, 0.717) is 40.7 Å². The predicted molar refractivity (Wildman–Crippen MR) is 205 cm³/mol. The summed E-state index contributed by atoms with van der Waals surface area (Å²) in [6.45, 7) is 7.64. The van der Waals surface area contributed by atoms with Crippen LogP contribution >= 0.6 is 0 Å². The van der Waals surface area contributed by atoms with Gasteiger partial charge in [-0.25, -0.2) is 0 Å². The molecule has 3 N–H and O–H groups in total. The summed E-state index contributed by atoms with van der Waals surface area (Å²) in [7, 11) is 0. The number of nitrogens with one attached hydrogen (secondary N) is 2. The zero-order valence-corrected chi connectivity index (χ0v) is 30.8. The molecule has 52 heavy (non-hydrogen) atoms. The second-order valence-corrected chi connectivity index (χ2v) is 14.8. The lowest BCUT2D eigenvalue weighted by Gasteiger charge is -2.29. The highest BCUT2D eigenvalue weighted by atomic mass is 16.3. The molecule has 272 valence electrons. The van der Waals surface area contributed by atoms with Crippen LogP contribution in [-0.4, -0.2) is 64.2 Å². The summed E-state index contributed by atoms with van der Waals surface area (Å²) in [4.78, 5) is 41.7. The Morgan fingerprint density at radius 1 is 0.846 bits per heavy atom. The van der Waals surface area contributed by atoms with Crippen LogP contribution in [0.5, 0.6) is 0 Å². The number of imide groups is 1. The highest BCUT2D eigenvalue weighted by Gasteiger charge is 2.49. The minimum absolute atomic E-state index is 0.0605.